The van der Waals surface area contributed by atoms with Crippen molar-refractivity contribution in [3.05, 3.63) is 98.8 Å². The predicted molar refractivity (Wildman–Crippen MR) is 144 cm³/mol. The molecule has 0 fully saturated rings. The topological polar surface area (TPSA) is 87.3 Å². The number of hydrogen-bond donors (Lipinski definition) is 1. The van der Waals surface area contributed by atoms with Crippen LogP contribution in [0.25, 0.3) is 6.08 Å². The molecular weight excluding hydrogens is 538 g/mol. The van der Waals surface area contributed by atoms with E-state index in [1.807, 2.05) is 6.07 Å². The van der Waals surface area contributed by atoms with Crippen LogP contribution in [0.2, 0.25) is 10.0 Å². The van der Waals surface area contributed by atoms with Crippen LogP contribution in [0.4, 0.5) is 4.39 Å². The lowest BCUT2D eigenvalue weighted by Gasteiger charge is -2.20. The van der Waals surface area contributed by atoms with Gasteiger partial charge in [0.25, 0.3) is 5.91 Å². The van der Waals surface area contributed by atoms with E-state index in [4.69, 9.17) is 38.1 Å². The number of amides is 1. The van der Waals surface area contributed by atoms with E-state index >= 15 is 0 Å². The number of halogens is 3. The summed E-state index contributed by atoms with van der Waals surface area (Å²) in [7, 11) is 1.44. The van der Waals surface area contributed by atoms with E-state index in [-0.39, 0.29) is 39.7 Å². The van der Waals surface area contributed by atoms with Gasteiger partial charge in [0.05, 0.1) is 22.7 Å². The summed E-state index contributed by atoms with van der Waals surface area (Å²) < 4.78 is 25.1. The number of aliphatic imine (C=N–C) groups is 1. The second-order valence-corrected chi connectivity index (χ2v) is 9.59. The summed E-state index contributed by atoms with van der Waals surface area (Å²) in [4.78, 5) is 16.9. The Labute approximate surface area is 225 Å². The Morgan fingerprint density at radius 3 is 2.62 bits per heavy atom. The molecule has 11 heteroatoms. The number of rotatable bonds is 6. The van der Waals surface area contributed by atoms with Gasteiger partial charge in [-0.25, -0.2) is 4.39 Å². The Balaban J connectivity index is 1.43. The van der Waals surface area contributed by atoms with Crippen molar-refractivity contribution in [2.75, 3.05) is 7.11 Å². The van der Waals surface area contributed by atoms with Gasteiger partial charge in [-0.1, -0.05) is 59.6 Å². The molecule has 7 nitrogen and oxygen atoms in total. The van der Waals surface area contributed by atoms with E-state index in [0.29, 0.717) is 26.8 Å². The maximum Gasteiger partial charge on any atom is 0.283 e. The number of amidine groups is 2. The Hall–Kier alpha value is -3.66. The Bertz CT molecular complexity index is 1540. The van der Waals surface area contributed by atoms with Crippen LogP contribution in [0, 0.1) is 11.2 Å². The van der Waals surface area contributed by atoms with Crippen LogP contribution in [0.15, 0.2) is 76.3 Å². The van der Waals surface area contributed by atoms with Gasteiger partial charge in [0.15, 0.2) is 17.3 Å². The van der Waals surface area contributed by atoms with Crippen LogP contribution in [-0.4, -0.2) is 34.1 Å². The number of nitrogens with zero attached hydrogens (tertiary/aromatic N) is 3. The number of carbonyl (C=O) groups excluding carboxylic acids is 1. The van der Waals surface area contributed by atoms with Gasteiger partial charge < -0.3 is 9.47 Å². The van der Waals surface area contributed by atoms with Gasteiger partial charge in [-0.15, -0.1) is 0 Å². The zero-order valence-corrected chi connectivity index (χ0v) is 21.5. The first-order valence-corrected chi connectivity index (χ1v) is 12.4. The van der Waals surface area contributed by atoms with Crippen LogP contribution in [-0.2, 0) is 11.4 Å². The first-order valence-electron chi connectivity index (χ1n) is 10.8. The van der Waals surface area contributed by atoms with Crippen LogP contribution >= 0.6 is 35.0 Å². The van der Waals surface area contributed by atoms with E-state index in [0.717, 1.165) is 11.8 Å². The second-order valence-electron chi connectivity index (χ2n) is 7.82. The summed E-state index contributed by atoms with van der Waals surface area (Å²) >= 11 is 13.9. The predicted octanol–water partition coefficient (Wildman–Crippen LogP) is 6.39. The summed E-state index contributed by atoms with van der Waals surface area (Å²) in [6.45, 7) is -0.0534. The SMILES string of the molecule is COc1cc(C=C2C(=N)N3N=C(c4ccccc4Cl)SC3=NC2=O)cc(Cl)c1OCc1ccccc1F. The van der Waals surface area contributed by atoms with Crippen molar-refractivity contribution in [1.29, 1.82) is 5.41 Å². The van der Waals surface area contributed by atoms with Crippen molar-refractivity contribution in [3.8, 4) is 11.5 Å². The lowest BCUT2D eigenvalue weighted by molar-refractivity contribution is -0.114. The Morgan fingerprint density at radius 1 is 1.11 bits per heavy atom. The maximum atomic E-state index is 14.0. The number of benzene rings is 3. The standard InChI is InChI=1S/C26H17Cl2FN4O3S/c1-35-21-12-14(11-19(28)22(21)36-13-15-6-2-5-9-20(15)29)10-17-23(30)33-26(31-24(17)34)37-25(32-33)16-7-3-4-8-18(16)27/h2-12,30H,13H2,1H3. The minimum absolute atomic E-state index is 0.0200. The summed E-state index contributed by atoms with van der Waals surface area (Å²) in [6, 6.07) is 16.6. The molecule has 3 aromatic carbocycles. The average molecular weight is 555 g/mol. The fourth-order valence-corrected chi connectivity index (χ4v) is 5.12. The highest BCUT2D eigenvalue weighted by atomic mass is 35.5. The molecule has 0 saturated carbocycles. The third kappa shape index (κ3) is 4.98. The number of hydrogen-bond acceptors (Lipinski definition) is 6. The average Bonchev–Trinajstić information content (AvgIpc) is 3.30. The molecule has 186 valence electrons. The smallest absolute Gasteiger partial charge is 0.283 e. The van der Waals surface area contributed by atoms with Crippen LogP contribution in [0.5, 0.6) is 11.5 Å². The monoisotopic (exact) mass is 554 g/mol. The third-order valence-corrected chi connectivity index (χ3v) is 7.00. The van der Waals surface area contributed by atoms with Gasteiger partial charge in [0.1, 0.15) is 17.5 Å². The number of ether oxygens (including phenoxy) is 2. The fraction of sp³-hybridized carbons (Fsp3) is 0.0769. The second kappa shape index (κ2) is 10.4. The molecule has 2 aliphatic heterocycles. The van der Waals surface area contributed by atoms with Crippen molar-refractivity contribution >= 4 is 63.0 Å². The molecule has 3 aromatic rings. The molecular formula is C26H17Cl2FN4O3S. The summed E-state index contributed by atoms with van der Waals surface area (Å²) in [6.07, 6.45) is 1.48. The summed E-state index contributed by atoms with van der Waals surface area (Å²) in [5, 5.41) is 15.9. The molecule has 0 aromatic heterocycles. The van der Waals surface area contributed by atoms with Crippen molar-refractivity contribution in [2.45, 2.75) is 6.61 Å². The van der Waals surface area contributed by atoms with Gasteiger partial charge in [-0.3, -0.25) is 10.2 Å². The zero-order chi connectivity index (χ0) is 26.1. The van der Waals surface area contributed by atoms with Crippen LogP contribution in [0.3, 0.4) is 0 Å². The molecule has 2 aliphatic rings. The lowest BCUT2D eigenvalue weighted by atomic mass is 10.1. The van der Waals surface area contributed by atoms with Crippen molar-refractivity contribution in [2.24, 2.45) is 10.1 Å². The first kappa shape index (κ1) is 25.0. The zero-order valence-electron chi connectivity index (χ0n) is 19.2. The van der Waals surface area contributed by atoms with Gasteiger partial charge in [0, 0.05) is 11.1 Å². The van der Waals surface area contributed by atoms with E-state index in [9.17, 15) is 9.18 Å². The molecule has 2 heterocycles. The van der Waals surface area contributed by atoms with E-state index in [1.165, 1.54) is 24.3 Å². The van der Waals surface area contributed by atoms with E-state index in [1.54, 1.807) is 48.5 Å². The quantitative estimate of drug-likeness (QED) is 0.357. The van der Waals surface area contributed by atoms with Crippen molar-refractivity contribution in [3.63, 3.8) is 0 Å². The molecule has 0 atom stereocenters. The summed E-state index contributed by atoms with van der Waals surface area (Å²) in [5.41, 5.74) is 1.54. The largest absolute Gasteiger partial charge is 0.493 e. The van der Waals surface area contributed by atoms with E-state index < -0.39 is 11.7 Å². The number of fused-ring (bicyclic) bond motifs is 1. The molecule has 0 radical (unpaired) electrons. The Morgan fingerprint density at radius 2 is 1.86 bits per heavy atom. The minimum Gasteiger partial charge on any atom is -0.493 e. The van der Waals surface area contributed by atoms with Gasteiger partial charge in [0.2, 0.25) is 5.17 Å². The first-order chi connectivity index (χ1) is 17.9. The number of methoxy groups -OCH3 is 1. The highest BCUT2D eigenvalue weighted by Gasteiger charge is 2.36. The molecule has 0 saturated heterocycles. The molecule has 0 unspecified atom stereocenters. The molecule has 5 rings (SSSR count). The van der Waals surface area contributed by atoms with Gasteiger partial charge in [-0.05, 0) is 47.7 Å². The fourth-order valence-electron chi connectivity index (χ4n) is 3.63. The highest BCUT2D eigenvalue weighted by Crippen LogP contribution is 2.38. The van der Waals surface area contributed by atoms with Crippen LogP contribution < -0.4 is 9.47 Å². The van der Waals surface area contributed by atoms with Crippen LogP contribution in [0.1, 0.15) is 16.7 Å². The number of carbonyl (C=O) groups is 1. The van der Waals surface area contributed by atoms with Gasteiger partial charge in [-0.2, -0.15) is 15.1 Å². The maximum absolute atomic E-state index is 14.0. The van der Waals surface area contributed by atoms with E-state index in [2.05, 4.69) is 10.1 Å². The Kier molecular flexibility index (Phi) is 7.01. The van der Waals surface area contributed by atoms with Crippen molar-refractivity contribution < 1.29 is 18.7 Å². The molecule has 1 amide bonds. The normalized spacial score (nSPS) is 16.0. The minimum atomic E-state index is -0.589. The molecule has 0 spiro atoms. The van der Waals surface area contributed by atoms with Crippen molar-refractivity contribution in [1.82, 2.24) is 5.01 Å². The molecule has 1 N–H and O–H groups in total. The summed E-state index contributed by atoms with van der Waals surface area (Å²) in [5.74, 6) is -0.613. The molecule has 0 aliphatic carbocycles. The number of nitrogens with one attached hydrogen (secondary N) is 1. The number of thioether (sulfide) groups is 1. The number of hydrazone groups is 1. The lowest BCUT2D eigenvalue weighted by Crippen LogP contribution is -2.35. The third-order valence-electron chi connectivity index (χ3n) is 5.45. The molecule has 37 heavy (non-hydrogen) atoms. The molecule has 0 bridgehead atoms. The highest BCUT2D eigenvalue weighted by molar-refractivity contribution is 8.27. The van der Waals surface area contributed by atoms with Gasteiger partial charge >= 0.3 is 0 Å².